The number of nitrogens with zero attached hydrogens (tertiary/aromatic N) is 2. The van der Waals surface area contributed by atoms with Gasteiger partial charge in [-0.3, -0.25) is 9.48 Å². The molecule has 8 heteroatoms. The fourth-order valence-electron chi connectivity index (χ4n) is 1.64. The van der Waals surface area contributed by atoms with Crippen LogP contribution in [-0.2, 0) is 7.05 Å². The van der Waals surface area contributed by atoms with Gasteiger partial charge in [0.2, 0.25) is 0 Å². The summed E-state index contributed by atoms with van der Waals surface area (Å²) in [7, 11) is 1.40. The number of alkyl halides is 2. The molecule has 1 aromatic heterocycles. The summed E-state index contributed by atoms with van der Waals surface area (Å²) in [4.78, 5) is 11.9. The summed E-state index contributed by atoms with van der Waals surface area (Å²) in [6.45, 7) is 0. The second-order valence-corrected chi connectivity index (χ2v) is 4.36. The van der Waals surface area contributed by atoms with Crippen LogP contribution in [0.15, 0.2) is 24.4 Å². The number of anilines is 1. The molecule has 20 heavy (non-hydrogen) atoms. The van der Waals surface area contributed by atoms with E-state index in [4.69, 9.17) is 11.6 Å². The highest BCUT2D eigenvalue weighted by atomic mass is 35.5. The molecule has 0 fully saturated rings. The number of aryl methyl sites for hydroxylation is 1. The Morgan fingerprint density at radius 1 is 1.45 bits per heavy atom. The van der Waals surface area contributed by atoms with Crippen LogP contribution in [0.4, 0.5) is 18.9 Å². The predicted octanol–water partition coefficient (Wildman–Crippen LogP) is 3.40. The zero-order chi connectivity index (χ0) is 14.9. The first-order valence-electron chi connectivity index (χ1n) is 5.47. The highest BCUT2D eigenvalue weighted by molar-refractivity contribution is 6.34. The molecule has 0 unspecified atom stereocenters. The van der Waals surface area contributed by atoms with E-state index < -0.39 is 23.8 Å². The number of halogens is 4. The van der Waals surface area contributed by atoms with Crippen LogP contribution in [0.2, 0.25) is 5.02 Å². The second kappa shape index (κ2) is 5.54. The number of para-hydroxylation sites is 1. The van der Waals surface area contributed by atoms with Gasteiger partial charge in [0.1, 0.15) is 11.5 Å². The van der Waals surface area contributed by atoms with E-state index in [1.807, 2.05) is 0 Å². The molecule has 2 aromatic rings. The Morgan fingerprint density at radius 3 is 2.75 bits per heavy atom. The van der Waals surface area contributed by atoms with E-state index in [0.717, 1.165) is 16.9 Å². The van der Waals surface area contributed by atoms with Crippen LogP contribution in [-0.4, -0.2) is 15.7 Å². The fourth-order valence-corrected chi connectivity index (χ4v) is 1.85. The first kappa shape index (κ1) is 14.4. The average molecular weight is 304 g/mol. The van der Waals surface area contributed by atoms with Crippen LogP contribution in [0.3, 0.4) is 0 Å². The van der Waals surface area contributed by atoms with E-state index >= 15 is 0 Å². The van der Waals surface area contributed by atoms with E-state index in [-0.39, 0.29) is 16.3 Å². The van der Waals surface area contributed by atoms with Crippen molar-refractivity contribution >= 4 is 23.2 Å². The molecule has 106 valence electrons. The molecular weight excluding hydrogens is 295 g/mol. The van der Waals surface area contributed by atoms with Gasteiger partial charge in [0.05, 0.1) is 16.3 Å². The Bertz CT molecular complexity index is 637. The molecule has 0 aliphatic rings. The van der Waals surface area contributed by atoms with Crippen LogP contribution in [0.1, 0.15) is 22.5 Å². The number of amides is 1. The van der Waals surface area contributed by atoms with Crippen LogP contribution in [0.25, 0.3) is 0 Å². The molecule has 1 amide bonds. The molecular formula is C12H9ClF3N3O. The van der Waals surface area contributed by atoms with Crippen LogP contribution in [0.5, 0.6) is 0 Å². The monoisotopic (exact) mass is 303 g/mol. The van der Waals surface area contributed by atoms with Crippen molar-refractivity contribution in [2.24, 2.45) is 7.05 Å². The van der Waals surface area contributed by atoms with Crippen molar-refractivity contribution in [3.05, 3.63) is 46.5 Å². The summed E-state index contributed by atoms with van der Waals surface area (Å²) in [5.41, 5.74) is -1.26. The van der Waals surface area contributed by atoms with Gasteiger partial charge in [-0.2, -0.15) is 5.10 Å². The summed E-state index contributed by atoms with van der Waals surface area (Å²) >= 11 is 5.74. The standard InChI is InChI=1S/C12H9ClF3N3O/c1-19-5-6(9(18-19)11(15)16)12(20)17-10-7(13)3-2-4-8(10)14/h2-5,11H,1H3,(H,17,20). The Hall–Kier alpha value is -2.02. The number of aromatic nitrogens is 2. The highest BCUT2D eigenvalue weighted by Gasteiger charge is 2.23. The highest BCUT2D eigenvalue weighted by Crippen LogP contribution is 2.27. The summed E-state index contributed by atoms with van der Waals surface area (Å²) in [5.74, 6) is -1.66. The molecule has 0 radical (unpaired) electrons. The number of hydrogen-bond donors (Lipinski definition) is 1. The lowest BCUT2D eigenvalue weighted by Gasteiger charge is -2.07. The third-order valence-electron chi connectivity index (χ3n) is 2.51. The first-order valence-corrected chi connectivity index (χ1v) is 5.85. The SMILES string of the molecule is Cn1cc(C(=O)Nc2c(F)cccc2Cl)c(C(F)F)n1. The molecule has 1 aromatic carbocycles. The number of carbonyl (C=O) groups is 1. The zero-order valence-electron chi connectivity index (χ0n) is 10.2. The number of hydrogen-bond acceptors (Lipinski definition) is 2. The van der Waals surface area contributed by atoms with Gasteiger partial charge in [-0.15, -0.1) is 0 Å². The van der Waals surface area contributed by atoms with E-state index in [2.05, 4.69) is 10.4 Å². The van der Waals surface area contributed by atoms with E-state index in [0.29, 0.717) is 0 Å². The molecule has 1 heterocycles. The van der Waals surface area contributed by atoms with E-state index in [9.17, 15) is 18.0 Å². The molecule has 2 rings (SSSR count). The number of carbonyl (C=O) groups excluding carboxylic acids is 1. The van der Waals surface area contributed by atoms with Gasteiger partial charge in [0.25, 0.3) is 12.3 Å². The number of benzene rings is 1. The lowest BCUT2D eigenvalue weighted by molar-refractivity contribution is 0.101. The summed E-state index contributed by atoms with van der Waals surface area (Å²) in [6, 6.07) is 3.83. The normalized spacial score (nSPS) is 10.9. The molecule has 0 saturated carbocycles. The van der Waals surface area contributed by atoms with Gasteiger partial charge >= 0.3 is 0 Å². The lowest BCUT2D eigenvalue weighted by Crippen LogP contribution is -2.14. The summed E-state index contributed by atoms with van der Waals surface area (Å²) < 4.78 is 40.1. The predicted molar refractivity (Wildman–Crippen MR) is 67.5 cm³/mol. The molecule has 0 atom stereocenters. The third-order valence-corrected chi connectivity index (χ3v) is 2.82. The first-order chi connectivity index (χ1) is 9.40. The minimum atomic E-state index is -2.91. The molecule has 0 spiro atoms. The minimum Gasteiger partial charge on any atom is -0.318 e. The van der Waals surface area contributed by atoms with Crippen molar-refractivity contribution < 1.29 is 18.0 Å². The van der Waals surface area contributed by atoms with Crippen molar-refractivity contribution in [2.75, 3.05) is 5.32 Å². The van der Waals surface area contributed by atoms with Gasteiger partial charge in [-0.05, 0) is 12.1 Å². The molecule has 4 nitrogen and oxygen atoms in total. The second-order valence-electron chi connectivity index (χ2n) is 3.95. The van der Waals surface area contributed by atoms with E-state index in [1.165, 1.54) is 19.2 Å². The Labute approximate surface area is 117 Å². The average Bonchev–Trinajstić information content (AvgIpc) is 2.76. The van der Waals surface area contributed by atoms with E-state index in [1.54, 1.807) is 0 Å². The van der Waals surface area contributed by atoms with Crippen LogP contribution < -0.4 is 5.32 Å². The quantitative estimate of drug-likeness (QED) is 0.944. The van der Waals surface area contributed by atoms with Crippen molar-refractivity contribution in [2.45, 2.75) is 6.43 Å². The van der Waals surface area contributed by atoms with Crippen molar-refractivity contribution in [1.29, 1.82) is 0 Å². The maximum atomic E-state index is 13.5. The zero-order valence-corrected chi connectivity index (χ0v) is 11.0. The minimum absolute atomic E-state index is 0.0270. The van der Waals surface area contributed by atoms with Crippen LogP contribution >= 0.6 is 11.6 Å². The third kappa shape index (κ3) is 2.77. The maximum Gasteiger partial charge on any atom is 0.282 e. The number of nitrogens with one attached hydrogen (secondary N) is 1. The van der Waals surface area contributed by atoms with Gasteiger partial charge < -0.3 is 5.32 Å². The smallest absolute Gasteiger partial charge is 0.282 e. The van der Waals surface area contributed by atoms with Crippen molar-refractivity contribution in [3.63, 3.8) is 0 Å². The number of rotatable bonds is 3. The van der Waals surface area contributed by atoms with Gasteiger partial charge in [-0.1, -0.05) is 17.7 Å². The summed E-state index contributed by atoms with van der Waals surface area (Å²) in [5, 5.41) is 5.64. The molecule has 0 aliphatic carbocycles. The van der Waals surface area contributed by atoms with Crippen LogP contribution in [0, 0.1) is 5.82 Å². The molecule has 0 aliphatic heterocycles. The lowest BCUT2D eigenvalue weighted by atomic mass is 10.2. The summed E-state index contributed by atoms with van der Waals surface area (Å²) in [6.07, 6.45) is -1.78. The topological polar surface area (TPSA) is 46.9 Å². The molecule has 1 N–H and O–H groups in total. The fraction of sp³-hybridized carbons (Fsp3) is 0.167. The molecule has 0 bridgehead atoms. The van der Waals surface area contributed by atoms with Gasteiger partial charge in [-0.25, -0.2) is 13.2 Å². The molecule has 0 saturated heterocycles. The van der Waals surface area contributed by atoms with Gasteiger partial charge in [0, 0.05) is 13.2 Å². The Kier molecular flexibility index (Phi) is 3.99. The Balaban J connectivity index is 2.34. The van der Waals surface area contributed by atoms with Gasteiger partial charge in [0.15, 0.2) is 0 Å². The largest absolute Gasteiger partial charge is 0.318 e. The van der Waals surface area contributed by atoms with Crippen molar-refractivity contribution in [1.82, 2.24) is 9.78 Å². The Morgan fingerprint density at radius 2 is 2.15 bits per heavy atom. The maximum absolute atomic E-state index is 13.5. The van der Waals surface area contributed by atoms with Crippen molar-refractivity contribution in [3.8, 4) is 0 Å².